The maximum atomic E-state index is 6.43. The van der Waals surface area contributed by atoms with Gasteiger partial charge < -0.3 is 0 Å². The van der Waals surface area contributed by atoms with E-state index in [1.165, 1.54) is 50.3 Å². The summed E-state index contributed by atoms with van der Waals surface area (Å²) in [4.78, 5) is 2.49. The summed E-state index contributed by atoms with van der Waals surface area (Å²) < 4.78 is 4.23. The van der Waals surface area contributed by atoms with Crippen LogP contribution in [0.1, 0.15) is 30.9 Å². The Morgan fingerprint density at radius 2 is 1.57 bits per heavy atom. The minimum atomic E-state index is -0.934. The van der Waals surface area contributed by atoms with Crippen molar-refractivity contribution < 1.29 is 0 Å². The molecular formula is C23H29Cl2I2N. The predicted octanol–water partition coefficient (Wildman–Crippen LogP) is 7.54. The van der Waals surface area contributed by atoms with E-state index in [4.69, 9.17) is 23.2 Å². The first-order chi connectivity index (χ1) is 13.4. The van der Waals surface area contributed by atoms with Gasteiger partial charge in [0.15, 0.2) is 0 Å². The average Bonchev–Trinajstić information content (AvgIpc) is 2.68. The van der Waals surface area contributed by atoms with Crippen LogP contribution in [0.25, 0.3) is 0 Å². The Morgan fingerprint density at radius 1 is 1.04 bits per heavy atom. The number of halogens is 4. The van der Waals surface area contributed by atoms with Gasteiger partial charge in [0, 0.05) is 0 Å². The third-order valence-corrected chi connectivity index (χ3v) is 14.5. The van der Waals surface area contributed by atoms with Gasteiger partial charge in [0.1, 0.15) is 0 Å². The van der Waals surface area contributed by atoms with Crippen molar-refractivity contribution in [3.05, 3.63) is 69.7 Å². The maximum absolute atomic E-state index is 6.43. The van der Waals surface area contributed by atoms with Gasteiger partial charge in [-0.05, 0) is 0 Å². The van der Waals surface area contributed by atoms with Crippen LogP contribution in [-0.2, 0) is 3.42 Å². The molecule has 0 spiro atoms. The van der Waals surface area contributed by atoms with Gasteiger partial charge >= 0.3 is 203 Å². The van der Waals surface area contributed by atoms with Crippen LogP contribution in [0.5, 0.6) is 0 Å². The normalized spacial score (nSPS) is 18.2. The number of hydrogen-bond acceptors (Lipinski definition) is 1. The second-order valence-corrected chi connectivity index (χ2v) is 16.5. The molecule has 28 heavy (non-hydrogen) atoms. The van der Waals surface area contributed by atoms with E-state index in [0.717, 1.165) is 10.0 Å². The molecule has 5 heteroatoms. The van der Waals surface area contributed by atoms with Crippen LogP contribution in [0.15, 0.2) is 48.5 Å². The zero-order valence-electron chi connectivity index (χ0n) is 16.6. The Morgan fingerprint density at radius 3 is 2.04 bits per heavy atom. The van der Waals surface area contributed by atoms with Gasteiger partial charge in [-0.25, -0.2) is 0 Å². The van der Waals surface area contributed by atoms with E-state index in [0.29, 0.717) is 5.92 Å². The summed E-state index contributed by atoms with van der Waals surface area (Å²) in [5.74, 6) is 0.614. The molecule has 1 atom stereocenters. The van der Waals surface area contributed by atoms with Gasteiger partial charge in [-0.15, -0.1) is 0 Å². The predicted molar refractivity (Wildman–Crippen MR) is 142 cm³/mol. The second-order valence-electron chi connectivity index (χ2n) is 7.62. The van der Waals surface area contributed by atoms with Gasteiger partial charge in [-0.1, -0.05) is 0 Å². The molecule has 1 saturated heterocycles. The van der Waals surface area contributed by atoms with Gasteiger partial charge in [-0.2, -0.15) is 0 Å². The third kappa shape index (κ3) is 5.57. The fourth-order valence-corrected chi connectivity index (χ4v) is 13.4. The van der Waals surface area contributed by atoms with Crippen LogP contribution < -0.4 is 0 Å². The van der Waals surface area contributed by atoms with E-state index < -0.39 is 19.8 Å². The monoisotopic (exact) mass is 643 g/mol. The van der Waals surface area contributed by atoms with Crippen molar-refractivity contribution in [1.82, 2.24) is 4.90 Å². The first-order valence-electron chi connectivity index (χ1n) is 9.90. The number of nitrogens with zero attached hydrogens (tertiary/aromatic N) is 1. The summed E-state index contributed by atoms with van der Waals surface area (Å²) in [6, 6.07) is 17.0. The molecule has 2 aromatic carbocycles. The zero-order valence-corrected chi connectivity index (χ0v) is 22.4. The van der Waals surface area contributed by atoms with Crippen LogP contribution in [0.4, 0.5) is 0 Å². The van der Waals surface area contributed by atoms with Crippen LogP contribution >= 0.6 is 65.6 Å². The van der Waals surface area contributed by atoms with Crippen molar-refractivity contribution >= 4 is 65.6 Å². The first-order valence-corrected chi connectivity index (χ1v) is 16.3. The van der Waals surface area contributed by atoms with Gasteiger partial charge in [0.05, 0.1) is 0 Å². The van der Waals surface area contributed by atoms with Crippen LogP contribution in [0.2, 0.25) is 10.0 Å². The van der Waals surface area contributed by atoms with Crippen molar-refractivity contribution in [2.75, 3.05) is 33.4 Å². The Labute approximate surface area is 201 Å². The zero-order chi connectivity index (χ0) is 20.1. The van der Waals surface area contributed by atoms with E-state index in [1.807, 2.05) is 12.1 Å². The fraction of sp³-hybridized carbons (Fsp3) is 0.478. The molecule has 0 bridgehead atoms. The van der Waals surface area contributed by atoms with Gasteiger partial charge in [-0.3, -0.25) is 0 Å². The first kappa shape index (κ1) is 23.1. The molecule has 0 N–H and O–H groups in total. The minimum absolute atomic E-state index is 0.0929. The number of benzene rings is 2. The van der Waals surface area contributed by atoms with Gasteiger partial charge in [0.2, 0.25) is 0 Å². The molecule has 0 amide bonds. The molecule has 3 rings (SSSR count). The van der Waals surface area contributed by atoms with E-state index in [1.54, 1.807) is 0 Å². The average molecular weight is 644 g/mol. The van der Waals surface area contributed by atoms with Crippen LogP contribution in [0, 0.1) is 5.92 Å². The molecule has 0 saturated carbocycles. The molecular weight excluding hydrogens is 615 g/mol. The van der Waals surface area contributed by atoms with Crippen molar-refractivity contribution in [2.45, 2.75) is 23.2 Å². The Bertz CT molecular complexity index is 729. The Balaban J connectivity index is 2.02. The molecule has 1 nitrogen and oxygen atoms in total. The molecule has 0 radical (unpaired) electrons. The fourth-order valence-electron chi connectivity index (χ4n) is 3.95. The van der Waals surface area contributed by atoms with Crippen molar-refractivity contribution in [2.24, 2.45) is 5.92 Å². The van der Waals surface area contributed by atoms with Crippen molar-refractivity contribution in [3.63, 3.8) is 0 Å². The number of rotatable bonds is 7. The molecule has 0 aliphatic carbocycles. The molecule has 1 aliphatic rings. The quantitative estimate of drug-likeness (QED) is 0.223. The van der Waals surface area contributed by atoms with Crippen molar-refractivity contribution in [3.8, 4) is 0 Å². The summed E-state index contributed by atoms with van der Waals surface area (Å²) in [7, 11) is 2.26. The molecule has 0 aromatic heterocycles. The van der Waals surface area contributed by atoms with E-state index in [2.05, 4.69) is 77.9 Å². The van der Waals surface area contributed by atoms with E-state index in [-0.39, 0.29) is 3.42 Å². The van der Waals surface area contributed by atoms with Crippen molar-refractivity contribution in [1.29, 1.82) is 0 Å². The molecule has 1 unspecified atom stereocenters. The number of hydrogen-bond donors (Lipinski definition) is 0. The SMILES string of the molecule is CCCC(CI1CCN(C)CC1)C(I)(c1cccc(Cl)c1)c1cccc(Cl)c1. The Kier molecular flexibility index (Phi) is 8.79. The van der Waals surface area contributed by atoms with Crippen LogP contribution in [0.3, 0.4) is 0 Å². The number of alkyl halides is 4. The molecule has 1 heterocycles. The summed E-state index contributed by atoms with van der Waals surface area (Å²) in [5.41, 5.74) is 2.62. The molecule has 2 aromatic rings. The standard InChI is InChI=1S/C23H29Cl2I2N/c1-3-6-20(17-27-11-13-28(2)14-12-27)23(26,18-7-4-9-21(24)15-18)19-8-5-10-22(25)16-19/h4-5,7-10,15-16,20H,3,6,11-14,17H2,1-2H3. The topological polar surface area (TPSA) is 3.24 Å². The molecule has 1 fully saturated rings. The molecule has 1 aliphatic heterocycles. The summed E-state index contributed by atoms with van der Waals surface area (Å²) in [6.45, 7) is 4.89. The van der Waals surface area contributed by atoms with E-state index in [9.17, 15) is 0 Å². The van der Waals surface area contributed by atoms with E-state index >= 15 is 0 Å². The second kappa shape index (κ2) is 10.7. The van der Waals surface area contributed by atoms with Crippen LogP contribution in [-0.4, -0.2) is 38.3 Å². The van der Waals surface area contributed by atoms with Gasteiger partial charge in [0.25, 0.3) is 0 Å². The summed E-state index contributed by atoms with van der Waals surface area (Å²) in [5, 5.41) is 1.63. The molecule has 154 valence electrons. The Hall–Kier alpha value is 0.440. The third-order valence-electron chi connectivity index (χ3n) is 5.56. The summed E-state index contributed by atoms with van der Waals surface area (Å²) in [6.07, 6.45) is 2.45. The summed E-state index contributed by atoms with van der Waals surface area (Å²) >= 11 is 14.7.